The smallest absolute Gasteiger partial charge is 0.249 e. The molecule has 0 aromatic carbocycles. The Morgan fingerprint density at radius 1 is 1.35 bits per heavy atom. The predicted molar refractivity (Wildman–Crippen MR) is 83.3 cm³/mol. The van der Waals surface area contributed by atoms with Gasteiger partial charge in [0.1, 0.15) is 5.65 Å². The second-order valence-electron chi connectivity index (χ2n) is 5.36. The molecule has 3 heterocycles. The molecule has 23 heavy (non-hydrogen) atoms. The molecular weight excluding hydrogens is 325 g/mol. The van der Waals surface area contributed by atoms with Crippen molar-refractivity contribution in [3.8, 4) is 0 Å². The van der Waals surface area contributed by atoms with Crippen LogP contribution in [0.1, 0.15) is 12.8 Å². The first-order valence-corrected chi connectivity index (χ1v) is 8.75. The minimum Gasteiger partial charge on any atom is -0.351 e. The first-order chi connectivity index (χ1) is 11.0. The molecular formula is C13H16FN5O3S. The van der Waals surface area contributed by atoms with Crippen molar-refractivity contribution >= 4 is 27.0 Å². The summed E-state index contributed by atoms with van der Waals surface area (Å²) in [6.07, 6.45) is 2.67. The first kappa shape index (κ1) is 15.8. The van der Waals surface area contributed by atoms with Crippen molar-refractivity contribution in [3.63, 3.8) is 0 Å². The number of aromatic amines is 1. The fraction of sp³-hybridized carbons (Fsp3) is 0.462. The zero-order chi connectivity index (χ0) is 16.4. The van der Waals surface area contributed by atoms with Gasteiger partial charge in [0.05, 0.1) is 0 Å². The van der Waals surface area contributed by atoms with Gasteiger partial charge in [-0.05, 0) is 18.9 Å². The number of fused-ring (bicyclic) bond motifs is 1. The van der Waals surface area contributed by atoms with E-state index in [0.717, 1.165) is 9.69 Å². The molecule has 124 valence electrons. The number of H-pyrrole nitrogens is 1. The number of alkyl halides is 1. The standard InChI is InChI=1S/C13H16FN5O3S/c14-8-23(21,22)19-5-3-10(4-6-19)16-13-15-7-9-1-2-11(20)17-12(9)18-13/h1-2,7,10H,3-6,8H2,(H2,15,16,17,18,20). The maximum absolute atomic E-state index is 12.5. The van der Waals surface area contributed by atoms with Crippen LogP contribution in [0.5, 0.6) is 0 Å². The van der Waals surface area contributed by atoms with Crippen LogP contribution in [0.4, 0.5) is 10.3 Å². The van der Waals surface area contributed by atoms with E-state index < -0.39 is 16.0 Å². The number of hydrogen-bond acceptors (Lipinski definition) is 6. The van der Waals surface area contributed by atoms with Crippen molar-refractivity contribution in [1.82, 2.24) is 19.3 Å². The third kappa shape index (κ3) is 3.48. The van der Waals surface area contributed by atoms with Crippen molar-refractivity contribution in [2.24, 2.45) is 0 Å². The quantitative estimate of drug-likeness (QED) is 0.836. The topological polar surface area (TPSA) is 108 Å². The Labute approximate surface area is 131 Å². The number of sulfonamides is 1. The first-order valence-electron chi connectivity index (χ1n) is 7.14. The number of nitrogens with zero attached hydrogens (tertiary/aromatic N) is 3. The van der Waals surface area contributed by atoms with E-state index in [1.807, 2.05) is 0 Å². The zero-order valence-corrected chi connectivity index (χ0v) is 13.0. The average molecular weight is 341 g/mol. The molecule has 0 unspecified atom stereocenters. The summed E-state index contributed by atoms with van der Waals surface area (Å²) in [6, 6.07) is 1.67. The number of hydrogen-bond donors (Lipinski definition) is 2. The van der Waals surface area contributed by atoms with Crippen LogP contribution < -0.4 is 10.9 Å². The number of pyridine rings is 1. The molecule has 0 saturated carbocycles. The molecule has 1 aliphatic heterocycles. The van der Waals surface area contributed by atoms with Crippen LogP contribution in [0.3, 0.4) is 0 Å². The van der Waals surface area contributed by atoms with Crippen molar-refractivity contribution < 1.29 is 12.8 Å². The second kappa shape index (κ2) is 6.20. The second-order valence-corrected chi connectivity index (χ2v) is 7.26. The predicted octanol–water partition coefficient (Wildman–Crippen LogP) is 0.451. The highest BCUT2D eigenvalue weighted by Crippen LogP contribution is 2.18. The molecule has 0 radical (unpaired) electrons. The van der Waals surface area contributed by atoms with Gasteiger partial charge >= 0.3 is 0 Å². The van der Waals surface area contributed by atoms with Gasteiger partial charge < -0.3 is 10.3 Å². The number of piperidine rings is 1. The lowest BCUT2D eigenvalue weighted by atomic mass is 10.1. The molecule has 0 spiro atoms. The van der Waals surface area contributed by atoms with Crippen LogP contribution in [0, 0.1) is 0 Å². The van der Waals surface area contributed by atoms with E-state index in [1.165, 1.54) is 6.07 Å². The Hall–Kier alpha value is -2.07. The summed E-state index contributed by atoms with van der Waals surface area (Å²) in [6.45, 7) is 0.517. The van der Waals surface area contributed by atoms with Crippen molar-refractivity contribution in [2.75, 3.05) is 24.4 Å². The van der Waals surface area contributed by atoms with Gasteiger partial charge in [0.2, 0.25) is 27.5 Å². The Morgan fingerprint density at radius 3 is 2.78 bits per heavy atom. The number of nitrogens with one attached hydrogen (secondary N) is 2. The molecule has 1 fully saturated rings. The molecule has 1 saturated heterocycles. The highest BCUT2D eigenvalue weighted by Gasteiger charge is 2.28. The highest BCUT2D eigenvalue weighted by molar-refractivity contribution is 7.88. The van der Waals surface area contributed by atoms with E-state index in [4.69, 9.17) is 0 Å². The fourth-order valence-corrected chi connectivity index (χ4v) is 3.44. The van der Waals surface area contributed by atoms with Crippen LogP contribution in [0.2, 0.25) is 0 Å². The lowest BCUT2D eigenvalue weighted by Crippen LogP contribution is -2.43. The van der Waals surface area contributed by atoms with E-state index >= 15 is 0 Å². The number of anilines is 1. The zero-order valence-electron chi connectivity index (χ0n) is 12.2. The van der Waals surface area contributed by atoms with Gasteiger partial charge in [-0.25, -0.2) is 17.8 Å². The Kier molecular flexibility index (Phi) is 4.26. The summed E-state index contributed by atoms with van der Waals surface area (Å²) in [5.41, 5.74) is 0.194. The summed E-state index contributed by atoms with van der Waals surface area (Å²) in [4.78, 5) is 22.4. The van der Waals surface area contributed by atoms with E-state index in [2.05, 4.69) is 20.3 Å². The van der Waals surface area contributed by atoms with E-state index in [1.54, 1.807) is 12.3 Å². The van der Waals surface area contributed by atoms with Gasteiger partial charge in [-0.15, -0.1) is 0 Å². The van der Waals surface area contributed by atoms with Gasteiger partial charge in [0, 0.05) is 36.8 Å². The van der Waals surface area contributed by atoms with Crippen molar-refractivity contribution in [3.05, 3.63) is 28.7 Å². The molecule has 0 aliphatic carbocycles. The Bertz CT molecular complexity index is 861. The summed E-state index contributed by atoms with van der Waals surface area (Å²) >= 11 is 0. The van der Waals surface area contributed by atoms with Crippen molar-refractivity contribution in [1.29, 1.82) is 0 Å². The molecule has 8 nitrogen and oxygen atoms in total. The monoisotopic (exact) mass is 341 g/mol. The van der Waals surface area contributed by atoms with E-state index in [9.17, 15) is 17.6 Å². The lowest BCUT2D eigenvalue weighted by molar-refractivity contribution is 0.323. The van der Waals surface area contributed by atoms with Crippen LogP contribution in [-0.2, 0) is 10.0 Å². The normalized spacial score (nSPS) is 17.4. The molecule has 1 aliphatic rings. The third-order valence-corrected chi connectivity index (χ3v) is 5.22. The summed E-state index contributed by atoms with van der Waals surface area (Å²) in [5.74, 6) is 0.367. The summed E-state index contributed by atoms with van der Waals surface area (Å²) in [7, 11) is -3.78. The third-order valence-electron chi connectivity index (χ3n) is 3.79. The van der Waals surface area contributed by atoms with Gasteiger partial charge in [0.25, 0.3) is 0 Å². The van der Waals surface area contributed by atoms with Gasteiger partial charge in [0.15, 0.2) is 0 Å². The van der Waals surface area contributed by atoms with Crippen LogP contribution in [-0.4, -0.2) is 52.8 Å². The maximum atomic E-state index is 12.5. The molecule has 2 N–H and O–H groups in total. The fourth-order valence-electron chi connectivity index (χ4n) is 2.54. The molecule has 10 heteroatoms. The Morgan fingerprint density at radius 2 is 2.09 bits per heavy atom. The van der Waals surface area contributed by atoms with Gasteiger partial charge in [-0.3, -0.25) is 4.79 Å². The summed E-state index contributed by atoms with van der Waals surface area (Å²) in [5, 5.41) is 3.84. The molecule has 0 atom stereocenters. The van der Waals surface area contributed by atoms with E-state index in [-0.39, 0.29) is 24.7 Å². The van der Waals surface area contributed by atoms with Crippen LogP contribution in [0.15, 0.2) is 23.1 Å². The molecule has 2 aromatic heterocycles. The molecule has 0 amide bonds. The average Bonchev–Trinajstić information content (AvgIpc) is 2.55. The number of aromatic nitrogens is 3. The van der Waals surface area contributed by atoms with Crippen LogP contribution in [0.25, 0.3) is 11.0 Å². The molecule has 3 rings (SSSR count). The molecule has 0 bridgehead atoms. The minimum atomic E-state index is -3.78. The minimum absolute atomic E-state index is 0.00561. The van der Waals surface area contributed by atoms with Gasteiger partial charge in [-0.1, -0.05) is 0 Å². The molecule has 2 aromatic rings. The highest BCUT2D eigenvalue weighted by atomic mass is 32.2. The van der Waals surface area contributed by atoms with E-state index in [0.29, 0.717) is 24.4 Å². The van der Waals surface area contributed by atoms with Crippen LogP contribution >= 0.6 is 0 Å². The summed E-state index contributed by atoms with van der Waals surface area (Å²) < 4.78 is 36.6. The maximum Gasteiger partial charge on any atom is 0.249 e. The van der Waals surface area contributed by atoms with Crippen molar-refractivity contribution in [2.45, 2.75) is 18.9 Å². The lowest BCUT2D eigenvalue weighted by Gasteiger charge is -2.30. The van der Waals surface area contributed by atoms with Gasteiger partial charge in [-0.2, -0.15) is 9.29 Å². The number of rotatable bonds is 4. The largest absolute Gasteiger partial charge is 0.351 e. The Balaban J connectivity index is 1.68. The SMILES string of the molecule is O=c1ccc2cnc(NC3CCN(S(=O)(=O)CF)CC3)nc2[nH]1. The number of halogens is 1.